The first kappa shape index (κ1) is 17.3. The van der Waals surface area contributed by atoms with Gasteiger partial charge >= 0.3 is 0 Å². The van der Waals surface area contributed by atoms with Crippen LogP contribution >= 0.6 is 0 Å². The lowest BCUT2D eigenvalue weighted by atomic mass is 10.2. The SMILES string of the molecule is CCCn1nnnc1CN(C)CC(O)CN1CCN(C)CC1. The van der Waals surface area contributed by atoms with E-state index in [1.54, 1.807) is 0 Å². The van der Waals surface area contributed by atoms with Gasteiger partial charge < -0.3 is 10.0 Å². The van der Waals surface area contributed by atoms with Gasteiger partial charge in [-0.1, -0.05) is 6.92 Å². The van der Waals surface area contributed by atoms with E-state index in [1.165, 1.54) is 0 Å². The molecule has 0 spiro atoms. The van der Waals surface area contributed by atoms with Crippen LogP contribution in [0.25, 0.3) is 0 Å². The third kappa shape index (κ3) is 5.28. The fraction of sp³-hybridized carbons (Fsp3) is 0.929. The highest BCUT2D eigenvalue weighted by Crippen LogP contribution is 2.04. The summed E-state index contributed by atoms with van der Waals surface area (Å²) in [6.45, 7) is 9.19. The van der Waals surface area contributed by atoms with Gasteiger partial charge in [-0.3, -0.25) is 9.80 Å². The Kier molecular flexibility index (Phi) is 6.69. The van der Waals surface area contributed by atoms with Gasteiger partial charge in [0.15, 0.2) is 5.82 Å². The van der Waals surface area contributed by atoms with Crippen molar-refractivity contribution in [1.82, 2.24) is 34.9 Å². The monoisotopic (exact) mass is 311 g/mol. The van der Waals surface area contributed by atoms with Crippen LogP contribution in [0.2, 0.25) is 0 Å². The maximum absolute atomic E-state index is 10.3. The molecular weight excluding hydrogens is 282 g/mol. The molecule has 2 rings (SSSR count). The van der Waals surface area contributed by atoms with Crippen molar-refractivity contribution >= 4 is 0 Å². The van der Waals surface area contributed by atoms with Gasteiger partial charge in [0.1, 0.15) is 0 Å². The Labute approximate surface area is 132 Å². The zero-order chi connectivity index (χ0) is 15.9. The number of piperazine rings is 1. The summed E-state index contributed by atoms with van der Waals surface area (Å²) in [4.78, 5) is 6.74. The third-order valence-corrected chi connectivity index (χ3v) is 4.04. The molecule has 1 unspecified atom stereocenters. The summed E-state index contributed by atoms with van der Waals surface area (Å²) in [6, 6.07) is 0. The van der Waals surface area contributed by atoms with Gasteiger partial charge in [0.05, 0.1) is 12.6 Å². The predicted octanol–water partition coefficient (Wildman–Crippen LogP) is -0.877. The fourth-order valence-corrected chi connectivity index (χ4v) is 2.77. The maximum atomic E-state index is 10.3. The van der Waals surface area contributed by atoms with Crippen molar-refractivity contribution in [2.75, 3.05) is 53.4 Å². The molecule has 22 heavy (non-hydrogen) atoms. The van der Waals surface area contributed by atoms with Crippen LogP contribution in [0.5, 0.6) is 0 Å². The van der Waals surface area contributed by atoms with E-state index in [4.69, 9.17) is 0 Å². The predicted molar refractivity (Wildman–Crippen MR) is 84.4 cm³/mol. The van der Waals surface area contributed by atoms with Crippen LogP contribution in [0.4, 0.5) is 0 Å². The Morgan fingerprint density at radius 2 is 2.00 bits per heavy atom. The highest BCUT2D eigenvalue weighted by Gasteiger charge is 2.18. The Hall–Kier alpha value is -1.09. The van der Waals surface area contributed by atoms with Crippen LogP contribution < -0.4 is 0 Å². The van der Waals surface area contributed by atoms with Crippen LogP contribution in [-0.4, -0.2) is 99.5 Å². The van der Waals surface area contributed by atoms with Gasteiger partial charge in [-0.2, -0.15) is 0 Å². The lowest BCUT2D eigenvalue weighted by molar-refractivity contribution is 0.0586. The number of aliphatic hydroxyl groups excluding tert-OH is 1. The number of hydrogen-bond donors (Lipinski definition) is 1. The molecule has 8 nitrogen and oxygen atoms in total. The summed E-state index contributed by atoms with van der Waals surface area (Å²) >= 11 is 0. The van der Waals surface area contributed by atoms with Crippen molar-refractivity contribution in [3.05, 3.63) is 5.82 Å². The molecular formula is C14H29N7O. The Morgan fingerprint density at radius 1 is 1.27 bits per heavy atom. The Morgan fingerprint density at radius 3 is 2.68 bits per heavy atom. The van der Waals surface area contributed by atoms with E-state index in [0.717, 1.165) is 51.5 Å². The van der Waals surface area contributed by atoms with Crippen molar-refractivity contribution in [3.8, 4) is 0 Å². The van der Waals surface area contributed by atoms with Crippen LogP contribution in [0.15, 0.2) is 0 Å². The van der Waals surface area contributed by atoms with Crippen molar-refractivity contribution in [2.24, 2.45) is 0 Å². The van der Waals surface area contributed by atoms with Gasteiger partial charge in [0, 0.05) is 45.8 Å². The van der Waals surface area contributed by atoms with Gasteiger partial charge in [0.2, 0.25) is 0 Å². The molecule has 1 fully saturated rings. The van der Waals surface area contributed by atoms with E-state index in [1.807, 2.05) is 11.7 Å². The van der Waals surface area contributed by atoms with Gasteiger partial charge in [-0.15, -0.1) is 5.10 Å². The van der Waals surface area contributed by atoms with Crippen molar-refractivity contribution < 1.29 is 5.11 Å². The molecule has 0 amide bonds. The molecule has 0 aromatic carbocycles. The molecule has 1 N–H and O–H groups in total. The number of β-amino-alcohol motifs (C(OH)–C–C–N with tert-alkyl or cyclic N) is 1. The lowest BCUT2D eigenvalue weighted by Gasteiger charge is -2.34. The van der Waals surface area contributed by atoms with Crippen LogP contribution in [0.1, 0.15) is 19.2 Å². The van der Waals surface area contributed by atoms with Gasteiger partial charge in [-0.05, 0) is 30.9 Å². The zero-order valence-electron chi connectivity index (χ0n) is 14.0. The van der Waals surface area contributed by atoms with E-state index < -0.39 is 0 Å². The minimum atomic E-state index is -0.344. The van der Waals surface area contributed by atoms with E-state index in [2.05, 4.69) is 44.2 Å². The molecule has 1 atom stereocenters. The number of aromatic nitrogens is 4. The molecule has 1 aliphatic heterocycles. The second-order valence-corrected chi connectivity index (χ2v) is 6.27. The number of likely N-dealkylation sites (N-methyl/N-ethyl adjacent to an activating group) is 2. The second-order valence-electron chi connectivity index (χ2n) is 6.27. The molecule has 1 aliphatic rings. The number of aryl methyl sites for hydroxylation is 1. The molecule has 8 heteroatoms. The number of aliphatic hydroxyl groups is 1. The number of hydrogen-bond acceptors (Lipinski definition) is 7. The summed E-state index contributed by atoms with van der Waals surface area (Å²) < 4.78 is 1.84. The number of tetrazole rings is 1. The average Bonchev–Trinajstić information content (AvgIpc) is 2.89. The van der Waals surface area contributed by atoms with Crippen LogP contribution in [0.3, 0.4) is 0 Å². The third-order valence-electron chi connectivity index (χ3n) is 4.04. The molecule has 0 bridgehead atoms. The largest absolute Gasteiger partial charge is 0.390 e. The highest BCUT2D eigenvalue weighted by molar-refractivity contribution is 4.81. The summed E-state index contributed by atoms with van der Waals surface area (Å²) in [5.74, 6) is 0.858. The first-order chi connectivity index (χ1) is 10.6. The summed E-state index contributed by atoms with van der Waals surface area (Å²) in [7, 11) is 4.14. The molecule has 2 heterocycles. The lowest BCUT2D eigenvalue weighted by Crippen LogP contribution is -2.48. The van der Waals surface area contributed by atoms with E-state index in [-0.39, 0.29) is 6.10 Å². The van der Waals surface area contributed by atoms with E-state index in [0.29, 0.717) is 13.1 Å². The standard InChI is InChI=1S/C14H29N7O/c1-4-5-21-14(15-16-17-21)12-19(3)10-13(22)11-20-8-6-18(2)7-9-20/h13,22H,4-12H2,1-3H3. The van der Waals surface area contributed by atoms with Gasteiger partial charge in [-0.25, -0.2) is 4.68 Å². The fourth-order valence-electron chi connectivity index (χ4n) is 2.77. The first-order valence-electron chi connectivity index (χ1n) is 8.11. The summed E-state index contributed by atoms with van der Waals surface area (Å²) in [6.07, 6.45) is 0.664. The summed E-state index contributed by atoms with van der Waals surface area (Å²) in [5.41, 5.74) is 0. The molecule has 126 valence electrons. The minimum Gasteiger partial charge on any atom is -0.390 e. The molecule has 0 radical (unpaired) electrons. The molecule has 0 saturated carbocycles. The highest BCUT2D eigenvalue weighted by atomic mass is 16.3. The zero-order valence-corrected chi connectivity index (χ0v) is 14.0. The topological polar surface area (TPSA) is 73.5 Å². The van der Waals surface area contributed by atoms with Crippen molar-refractivity contribution in [3.63, 3.8) is 0 Å². The van der Waals surface area contributed by atoms with Crippen LogP contribution in [0, 0.1) is 0 Å². The van der Waals surface area contributed by atoms with Crippen molar-refractivity contribution in [2.45, 2.75) is 32.5 Å². The minimum absolute atomic E-state index is 0.344. The smallest absolute Gasteiger partial charge is 0.165 e. The Bertz CT molecular complexity index is 431. The molecule has 1 aromatic heterocycles. The molecule has 1 saturated heterocycles. The first-order valence-corrected chi connectivity index (χ1v) is 8.11. The number of nitrogens with zero attached hydrogens (tertiary/aromatic N) is 7. The second kappa shape index (κ2) is 8.52. The number of rotatable bonds is 8. The van der Waals surface area contributed by atoms with Crippen molar-refractivity contribution in [1.29, 1.82) is 0 Å². The molecule has 1 aromatic rings. The average molecular weight is 311 g/mol. The summed E-state index contributed by atoms with van der Waals surface area (Å²) in [5, 5.41) is 22.1. The molecule has 0 aliphatic carbocycles. The van der Waals surface area contributed by atoms with E-state index in [9.17, 15) is 5.11 Å². The maximum Gasteiger partial charge on any atom is 0.165 e. The Balaban J connectivity index is 1.73. The quantitative estimate of drug-likeness (QED) is 0.668. The van der Waals surface area contributed by atoms with Gasteiger partial charge in [0.25, 0.3) is 0 Å². The van der Waals surface area contributed by atoms with Crippen LogP contribution in [-0.2, 0) is 13.1 Å². The normalized spacial score (nSPS) is 19.0. The van der Waals surface area contributed by atoms with E-state index >= 15 is 0 Å².